The van der Waals surface area contributed by atoms with Crippen LogP contribution >= 0.6 is 0 Å². The van der Waals surface area contributed by atoms with Crippen LogP contribution in [0.25, 0.3) is 22.8 Å². The Labute approximate surface area is 184 Å². The van der Waals surface area contributed by atoms with Crippen molar-refractivity contribution < 1.29 is 9.26 Å². The summed E-state index contributed by atoms with van der Waals surface area (Å²) in [5, 5.41) is 12.3. The van der Waals surface area contributed by atoms with Crippen molar-refractivity contribution in [3.05, 3.63) is 41.7 Å². The molecule has 1 saturated carbocycles. The predicted molar refractivity (Wildman–Crippen MR) is 121 cm³/mol. The van der Waals surface area contributed by atoms with Crippen LogP contribution in [0, 0.1) is 0 Å². The highest BCUT2D eigenvalue weighted by Gasteiger charge is 2.24. The van der Waals surface area contributed by atoms with E-state index in [0.29, 0.717) is 30.4 Å². The average molecular weight is 424 g/mol. The number of aromatic nitrogens is 4. The molecule has 166 valence electrons. The third kappa shape index (κ3) is 5.22. The lowest BCUT2D eigenvalue weighted by Gasteiger charge is -2.24. The molecular weight excluding hydrogens is 390 g/mol. The molecule has 1 aromatic carbocycles. The molecule has 31 heavy (non-hydrogen) atoms. The molecule has 0 aliphatic heterocycles. The molecule has 1 aliphatic carbocycles. The SMILES string of the molecule is COCc1c(-c2nc(-c3ccc(CCNC(C)C)cc3)no2)cnn1C1CCCCC1. The zero-order chi connectivity index (χ0) is 21.6. The number of hydrogen-bond acceptors (Lipinski definition) is 6. The van der Waals surface area contributed by atoms with E-state index < -0.39 is 0 Å². The normalized spacial score (nSPS) is 15.1. The fourth-order valence-corrected chi connectivity index (χ4v) is 4.26. The number of rotatable bonds is 9. The molecule has 0 radical (unpaired) electrons. The lowest BCUT2D eigenvalue weighted by molar-refractivity contribution is 0.171. The van der Waals surface area contributed by atoms with E-state index in [1.54, 1.807) is 7.11 Å². The monoisotopic (exact) mass is 423 g/mol. The second-order valence-corrected chi connectivity index (χ2v) is 8.65. The lowest BCUT2D eigenvalue weighted by atomic mass is 9.95. The summed E-state index contributed by atoms with van der Waals surface area (Å²) < 4.78 is 13.2. The number of nitrogens with one attached hydrogen (secondary N) is 1. The highest BCUT2D eigenvalue weighted by Crippen LogP contribution is 2.33. The molecule has 0 amide bonds. The van der Waals surface area contributed by atoms with E-state index in [-0.39, 0.29) is 0 Å². The van der Waals surface area contributed by atoms with E-state index in [1.165, 1.54) is 24.8 Å². The van der Waals surface area contributed by atoms with Crippen molar-refractivity contribution in [1.29, 1.82) is 0 Å². The fourth-order valence-electron chi connectivity index (χ4n) is 4.26. The Morgan fingerprint density at radius 1 is 1.16 bits per heavy atom. The van der Waals surface area contributed by atoms with Crippen molar-refractivity contribution in [2.75, 3.05) is 13.7 Å². The van der Waals surface area contributed by atoms with Gasteiger partial charge in [-0.1, -0.05) is 62.5 Å². The molecule has 3 aromatic rings. The molecule has 7 heteroatoms. The number of ether oxygens (including phenoxy) is 1. The Bertz CT molecular complexity index is 955. The minimum absolute atomic E-state index is 0.424. The largest absolute Gasteiger partial charge is 0.378 e. The minimum Gasteiger partial charge on any atom is -0.378 e. The van der Waals surface area contributed by atoms with Crippen LogP contribution in [0.1, 0.15) is 63.3 Å². The summed E-state index contributed by atoms with van der Waals surface area (Å²) >= 11 is 0. The minimum atomic E-state index is 0.424. The van der Waals surface area contributed by atoms with Crippen molar-refractivity contribution in [2.24, 2.45) is 0 Å². The summed E-state index contributed by atoms with van der Waals surface area (Å²) in [6, 6.07) is 9.30. The van der Waals surface area contributed by atoms with Crippen LogP contribution in [0.3, 0.4) is 0 Å². The van der Waals surface area contributed by atoms with Gasteiger partial charge in [0.25, 0.3) is 5.89 Å². The zero-order valence-electron chi connectivity index (χ0n) is 18.8. The number of methoxy groups -OCH3 is 1. The quantitative estimate of drug-likeness (QED) is 0.533. The third-order valence-electron chi connectivity index (χ3n) is 5.94. The van der Waals surface area contributed by atoms with E-state index in [1.807, 2.05) is 6.20 Å². The van der Waals surface area contributed by atoms with Crippen LogP contribution in [0.2, 0.25) is 0 Å². The molecular formula is C24H33N5O2. The maximum atomic E-state index is 5.63. The van der Waals surface area contributed by atoms with Gasteiger partial charge in [0.15, 0.2) is 0 Å². The van der Waals surface area contributed by atoms with Crippen molar-refractivity contribution in [3.8, 4) is 22.8 Å². The molecule has 7 nitrogen and oxygen atoms in total. The van der Waals surface area contributed by atoms with Gasteiger partial charge in [-0.2, -0.15) is 10.1 Å². The Hall–Kier alpha value is -2.51. The highest BCUT2D eigenvalue weighted by molar-refractivity contribution is 5.61. The van der Waals surface area contributed by atoms with E-state index >= 15 is 0 Å². The summed E-state index contributed by atoms with van der Waals surface area (Å²) in [4.78, 5) is 4.67. The first-order chi connectivity index (χ1) is 15.2. The molecule has 2 aromatic heterocycles. The molecule has 0 unspecified atom stereocenters. The van der Waals surface area contributed by atoms with Crippen molar-refractivity contribution >= 4 is 0 Å². The van der Waals surface area contributed by atoms with E-state index in [0.717, 1.165) is 42.6 Å². The Kier molecular flexibility index (Phi) is 7.14. The Balaban J connectivity index is 1.51. The van der Waals surface area contributed by atoms with Gasteiger partial charge < -0.3 is 14.6 Å². The predicted octanol–water partition coefficient (Wildman–Crippen LogP) is 4.79. The molecule has 0 atom stereocenters. The van der Waals surface area contributed by atoms with Crippen LogP contribution < -0.4 is 5.32 Å². The van der Waals surface area contributed by atoms with Crippen molar-refractivity contribution in [1.82, 2.24) is 25.2 Å². The van der Waals surface area contributed by atoms with Crippen LogP contribution in [0.5, 0.6) is 0 Å². The highest BCUT2D eigenvalue weighted by atomic mass is 16.5. The van der Waals surface area contributed by atoms with Crippen LogP contribution in [-0.4, -0.2) is 39.6 Å². The van der Waals surface area contributed by atoms with Crippen LogP contribution in [0.15, 0.2) is 35.0 Å². The van der Waals surface area contributed by atoms with Gasteiger partial charge in [0.1, 0.15) is 0 Å². The van der Waals surface area contributed by atoms with Gasteiger partial charge in [-0.05, 0) is 31.4 Å². The summed E-state index contributed by atoms with van der Waals surface area (Å²) in [5.41, 5.74) is 4.11. The first kappa shape index (κ1) is 21.7. The summed E-state index contributed by atoms with van der Waals surface area (Å²) in [5.74, 6) is 1.09. The van der Waals surface area contributed by atoms with Gasteiger partial charge in [-0.25, -0.2) is 0 Å². The second kappa shape index (κ2) is 10.2. The van der Waals surface area contributed by atoms with Gasteiger partial charge >= 0.3 is 0 Å². The van der Waals surface area contributed by atoms with E-state index in [2.05, 4.69) is 63.4 Å². The molecule has 1 N–H and O–H groups in total. The molecule has 4 rings (SSSR count). The zero-order valence-corrected chi connectivity index (χ0v) is 18.8. The molecule has 0 bridgehead atoms. The third-order valence-corrected chi connectivity index (χ3v) is 5.94. The standard InChI is InChI=1S/C24H33N5O2/c1-17(2)25-14-13-18-9-11-19(12-10-18)23-27-24(31-28-23)21-15-26-29(22(21)16-30-3)20-7-5-4-6-8-20/h9-12,15,17,20,25H,4-8,13-14,16H2,1-3H3. The van der Waals surface area contributed by atoms with Gasteiger partial charge in [0, 0.05) is 18.7 Å². The van der Waals surface area contributed by atoms with E-state index in [4.69, 9.17) is 9.26 Å². The molecule has 1 aliphatic rings. The number of hydrogen-bond donors (Lipinski definition) is 1. The van der Waals surface area contributed by atoms with Crippen LogP contribution in [0.4, 0.5) is 0 Å². The van der Waals surface area contributed by atoms with Gasteiger partial charge in [0.2, 0.25) is 5.82 Å². The number of benzene rings is 1. The molecule has 0 saturated heterocycles. The van der Waals surface area contributed by atoms with Gasteiger partial charge in [0.05, 0.1) is 30.1 Å². The maximum absolute atomic E-state index is 5.63. The van der Waals surface area contributed by atoms with Gasteiger partial charge in [-0.15, -0.1) is 0 Å². The summed E-state index contributed by atoms with van der Waals surface area (Å²) in [6.45, 7) is 5.76. The molecule has 2 heterocycles. The Morgan fingerprint density at radius 3 is 2.65 bits per heavy atom. The smallest absolute Gasteiger partial charge is 0.261 e. The first-order valence-electron chi connectivity index (χ1n) is 11.4. The van der Waals surface area contributed by atoms with Crippen LogP contribution in [-0.2, 0) is 17.8 Å². The summed E-state index contributed by atoms with van der Waals surface area (Å²) in [6.07, 6.45) is 8.96. The number of nitrogens with zero attached hydrogens (tertiary/aromatic N) is 4. The topological polar surface area (TPSA) is 78.0 Å². The lowest BCUT2D eigenvalue weighted by Crippen LogP contribution is -2.24. The maximum Gasteiger partial charge on any atom is 0.261 e. The van der Waals surface area contributed by atoms with Gasteiger partial charge in [-0.3, -0.25) is 4.68 Å². The van der Waals surface area contributed by atoms with Crippen molar-refractivity contribution in [2.45, 2.75) is 71.1 Å². The molecule has 0 spiro atoms. The second-order valence-electron chi connectivity index (χ2n) is 8.65. The Morgan fingerprint density at radius 2 is 1.94 bits per heavy atom. The first-order valence-corrected chi connectivity index (χ1v) is 11.4. The summed E-state index contributed by atoms with van der Waals surface area (Å²) in [7, 11) is 1.71. The van der Waals surface area contributed by atoms with Crippen molar-refractivity contribution in [3.63, 3.8) is 0 Å². The average Bonchev–Trinajstić information content (AvgIpc) is 3.42. The van der Waals surface area contributed by atoms with E-state index in [9.17, 15) is 0 Å². The fraction of sp³-hybridized carbons (Fsp3) is 0.542. The molecule has 1 fully saturated rings.